The SMILES string of the molecule is COc1ccc(C=CC(=O)OCC(=O)NCc2ccccc2Br)cc1OC. The highest BCUT2D eigenvalue weighted by atomic mass is 79.9. The molecule has 0 heterocycles. The lowest BCUT2D eigenvalue weighted by molar-refractivity contribution is -0.143. The molecular weight excluding hydrogens is 414 g/mol. The number of benzene rings is 2. The van der Waals surface area contributed by atoms with E-state index in [0.29, 0.717) is 18.0 Å². The summed E-state index contributed by atoms with van der Waals surface area (Å²) in [4.78, 5) is 23.6. The lowest BCUT2D eigenvalue weighted by Crippen LogP contribution is -2.28. The third-order valence-corrected chi connectivity index (χ3v) is 4.37. The lowest BCUT2D eigenvalue weighted by atomic mass is 10.2. The maximum absolute atomic E-state index is 11.8. The molecule has 6 nitrogen and oxygen atoms in total. The largest absolute Gasteiger partial charge is 0.493 e. The van der Waals surface area contributed by atoms with E-state index >= 15 is 0 Å². The van der Waals surface area contributed by atoms with Crippen molar-refractivity contribution < 1.29 is 23.8 Å². The molecule has 0 saturated carbocycles. The molecule has 142 valence electrons. The van der Waals surface area contributed by atoms with Crippen molar-refractivity contribution in [3.05, 3.63) is 64.1 Å². The summed E-state index contributed by atoms with van der Waals surface area (Å²) in [6, 6.07) is 12.8. The first-order chi connectivity index (χ1) is 13.0. The molecular formula is C20H20BrNO5. The minimum Gasteiger partial charge on any atom is -0.493 e. The van der Waals surface area contributed by atoms with Crippen molar-refractivity contribution in [2.75, 3.05) is 20.8 Å². The number of methoxy groups -OCH3 is 2. The van der Waals surface area contributed by atoms with Gasteiger partial charge in [-0.15, -0.1) is 0 Å². The summed E-state index contributed by atoms with van der Waals surface area (Å²) < 4.78 is 16.2. The molecule has 7 heteroatoms. The van der Waals surface area contributed by atoms with Crippen LogP contribution >= 0.6 is 15.9 Å². The van der Waals surface area contributed by atoms with Gasteiger partial charge in [-0.1, -0.05) is 40.2 Å². The summed E-state index contributed by atoms with van der Waals surface area (Å²) in [5.41, 5.74) is 1.67. The van der Waals surface area contributed by atoms with Crippen molar-refractivity contribution in [2.45, 2.75) is 6.54 Å². The molecule has 1 amide bonds. The number of carbonyl (C=O) groups is 2. The van der Waals surface area contributed by atoms with E-state index in [2.05, 4.69) is 21.2 Å². The maximum Gasteiger partial charge on any atom is 0.331 e. The van der Waals surface area contributed by atoms with E-state index < -0.39 is 5.97 Å². The van der Waals surface area contributed by atoms with E-state index in [1.165, 1.54) is 13.2 Å². The number of hydrogen-bond donors (Lipinski definition) is 1. The Morgan fingerprint density at radius 3 is 2.52 bits per heavy atom. The van der Waals surface area contributed by atoms with Gasteiger partial charge in [0.1, 0.15) is 0 Å². The molecule has 0 bridgehead atoms. The minimum absolute atomic E-state index is 0.347. The Morgan fingerprint density at radius 2 is 1.81 bits per heavy atom. The van der Waals surface area contributed by atoms with Crippen LogP contribution in [-0.4, -0.2) is 32.7 Å². The van der Waals surface area contributed by atoms with E-state index in [0.717, 1.165) is 15.6 Å². The zero-order valence-electron chi connectivity index (χ0n) is 15.0. The molecule has 0 aliphatic carbocycles. The third kappa shape index (κ3) is 6.45. The van der Waals surface area contributed by atoms with E-state index in [-0.39, 0.29) is 12.5 Å². The number of nitrogens with one attached hydrogen (secondary N) is 1. The average molecular weight is 434 g/mol. The molecule has 2 aromatic rings. The van der Waals surface area contributed by atoms with Crippen LogP contribution in [0.4, 0.5) is 0 Å². The number of hydrogen-bond acceptors (Lipinski definition) is 5. The quantitative estimate of drug-likeness (QED) is 0.510. The van der Waals surface area contributed by atoms with Gasteiger partial charge in [-0.05, 0) is 35.4 Å². The fourth-order valence-corrected chi connectivity index (χ4v) is 2.62. The summed E-state index contributed by atoms with van der Waals surface area (Å²) in [5, 5.41) is 2.70. The summed E-state index contributed by atoms with van der Waals surface area (Å²) in [5.74, 6) is 0.165. The summed E-state index contributed by atoms with van der Waals surface area (Å²) in [6.45, 7) is -0.00114. The van der Waals surface area contributed by atoms with Crippen LogP contribution in [0.15, 0.2) is 53.0 Å². The Morgan fingerprint density at radius 1 is 1.07 bits per heavy atom. The van der Waals surface area contributed by atoms with E-state index in [1.54, 1.807) is 31.4 Å². The predicted molar refractivity (Wildman–Crippen MR) is 106 cm³/mol. The fourth-order valence-electron chi connectivity index (χ4n) is 2.19. The van der Waals surface area contributed by atoms with Gasteiger partial charge in [-0.3, -0.25) is 4.79 Å². The number of esters is 1. The zero-order chi connectivity index (χ0) is 19.6. The first-order valence-corrected chi connectivity index (χ1v) is 8.89. The van der Waals surface area contributed by atoms with Gasteiger partial charge in [0.2, 0.25) is 0 Å². The first kappa shape index (κ1) is 20.5. The number of amides is 1. The van der Waals surface area contributed by atoms with Crippen molar-refractivity contribution in [1.29, 1.82) is 0 Å². The normalized spacial score (nSPS) is 10.5. The first-order valence-electron chi connectivity index (χ1n) is 8.10. The second-order valence-corrected chi connectivity index (χ2v) is 6.28. The maximum atomic E-state index is 11.8. The molecule has 27 heavy (non-hydrogen) atoms. The summed E-state index contributed by atoms with van der Waals surface area (Å²) in [6.07, 6.45) is 2.82. The highest BCUT2D eigenvalue weighted by Gasteiger charge is 2.07. The Balaban J connectivity index is 1.81. The van der Waals surface area contributed by atoms with Crippen LogP contribution < -0.4 is 14.8 Å². The standard InChI is InChI=1S/C20H20BrNO5/c1-25-17-9-7-14(11-18(17)26-2)8-10-20(24)27-13-19(23)22-12-15-5-3-4-6-16(15)21/h3-11H,12-13H2,1-2H3,(H,22,23). The third-order valence-electron chi connectivity index (χ3n) is 3.60. The van der Waals surface area contributed by atoms with E-state index in [1.807, 2.05) is 24.3 Å². The average Bonchev–Trinajstić information content (AvgIpc) is 2.69. The molecule has 0 saturated heterocycles. The molecule has 0 spiro atoms. The van der Waals surface area contributed by atoms with Gasteiger partial charge in [0.15, 0.2) is 18.1 Å². The topological polar surface area (TPSA) is 73.9 Å². The van der Waals surface area contributed by atoms with Crippen molar-refractivity contribution >= 4 is 33.9 Å². The number of carbonyl (C=O) groups excluding carboxylic acids is 2. The zero-order valence-corrected chi connectivity index (χ0v) is 16.6. The van der Waals surface area contributed by atoms with Crippen LogP contribution in [0.1, 0.15) is 11.1 Å². The van der Waals surface area contributed by atoms with Gasteiger partial charge in [0.25, 0.3) is 5.91 Å². The Kier molecular flexibility index (Phi) is 7.88. The second kappa shape index (κ2) is 10.4. The Bertz CT molecular complexity index is 835. The van der Waals surface area contributed by atoms with Gasteiger partial charge in [-0.2, -0.15) is 0 Å². The number of halogens is 1. The van der Waals surface area contributed by atoms with Crippen LogP contribution in [0.5, 0.6) is 11.5 Å². The smallest absolute Gasteiger partial charge is 0.331 e. The minimum atomic E-state index is -0.610. The lowest BCUT2D eigenvalue weighted by Gasteiger charge is -2.08. The van der Waals surface area contributed by atoms with Gasteiger partial charge in [-0.25, -0.2) is 4.79 Å². The summed E-state index contributed by atoms with van der Waals surface area (Å²) >= 11 is 3.41. The Hall–Kier alpha value is -2.80. The van der Waals surface area contributed by atoms with Crippen molar-refractivity contribution in [3.8, 4) is 11.5 Å². The van der Waals surface area contributed by atoms with Crippen LogP contribution in [0.3, 0.4) is 0 Å². The molecule has 0 aliphatic rings. The molecule has 2 rings (SSSR count). The molecule has 0 unspecified atom stereocenters. The molecule has 0 atom stereocenters. The number of ether oxygens (including phenoxy) is 3. The molecule has 0 aromatic heterocycles. The molecule has 2 aromatic carbocycles. The molecule has 1 N–H and O–H groups in total. The highest BCUT2D eigenvalue weighted by molar-refractivity contribution is 9.10. The van der Waals surface area contributed by atoms with Gasteiger partial charge < -0.3 is 19.5 Å². The predicted octanol–water partition coefficient (Wildman–Crippen LogP) is 3.34. The Labute approximate surface area is 166 Å². The van der Waals surface area contributed by atoms with Gasteiger partial charge in [0.05, 0.1) is 14.2 Å². The van der Waals surface area contributed by atoms with Crippen LogP contribution in [0.25, 0.3) is 6.08 Å². The highest BCUT2D eigenvalue weighted by Crippen LogP contribution is 2.27. The van der Waals surface area contributed by atoms with Gasteiger partial charge in [0, 0.05) is 17.1 Å². The van der Waals surface area contributed by atoms with Crippen molar-refractivity contribution in [1.82, 2.24) is 5.32 Å². The fraction of sp³-hybridized carbons (Fsp3) is 0.200. The van der Waals surface area contributed by atoms with Gasteiger partial charge >= 0.3 is 5.97 Å². The molecule has 0 radical (unpaired) electrons. The van der Waals surface area contributed by atoms with Crippen molar-refractivity contribution in [3.63, 3.8) is 0 Å². The monoisotopic (exact) mass is 433 g/mol. The molecule has 0 fully saturated rings. The van der Waals surface area contributed by atoms with E-state index in [9.17, 15) is 9.59 Å². The van der Waals surface area contributed by atoms with Crippen molar-refractivity contribution in [2.24, 2.45) is 0 Å². The van der Waals surface area contributed by atoms with E-state index in [4.69, 9.17) is 14.2 Å². The van der Waals surface area contributed by atoms with Crippen LogP contribution in [-0.2, 0) is 20.9 Å². The second-order valence-electron chi connectivity index (χ2n) is 5.42. The number of rotatable bonds is 8. The van der Waals surface area contributed by atoms with Crippen LogP contribution in [0, 0.1) is 0 Å². The summed E-state index contributed by atoms with van der Waals surface area (Å²) in [7, 11) is 3.08. The molecule has 0 aliphatic heterocycles. The van der Waals surface area contributed by atoms with Crippen LogP contribution in [0.2, 0.25) is 0 Å².